The molecule has 0 radical (unpaired) electrons. The lowest BCUT2D eigenvalue weighted by Crippen LogP contribution is -2.19. The minimum atomic E-state index is -0.391. The Labute approximate surface area is 827 Å². The van der Waals surface area contributed by atoms with Gasteiger partial charge in [0.1, 0.15) is 40.2 Å². The minimum Gasteiger partial charge on any atom is -0.493 e. The van der Waals surface area contributed by atoms with E-state index in [1.54, 1.807) is 0 Å². The molecule has 12 heteroatoms. The average molecular weight is 1870 g/mol. The van der Waals surface area contributed by atoms with Gasteiger partial charge < -0.3 is 58.7 Å². The molecule has 758 valence electrons. The lowest BCUT2D eigenvalue weighted by atomic mass is 9.86. The third kappa shape index (κ3) is 41.2. The van der Waals surface area contributed by atoms with Crippen LogP contribution in [0.25, 0.3) is 0 Å². The van der Waals surface area contributed by atoms with Crippen molar-refractivity contribution in [2.75, 3.05) is 46.2 Å². The van der Waals surface area contributed by atoms with Gasteiger partial charge in [0.25, 0.3) is 0 Å². The van der Waals surface area contributed by atoms with Crippen molar-refractivity contribution in [1.29, 1.82) is 0 Å². The van der Waals surface area contributed by atoms with Crippen molar-refractivity contribution in [2.24, 2.45) is 76.9 Å². The number of benzene rings is 7. The Balaban J connectivity index is 0.000000178. The number of aliphatic hydroxyl groups excluding tert-OH is 5. The second kappa shape index (κ2) is 65.1. The molecule has 0 amide bonds. The van der Waals surface area contributed by atoms with Crippen molar-refractivity contribution < 1.29 is 58.7 Å². The lowest BCUT2D eigenvalue weighted by molar-refractivity contribution is 0.103. The topological polar surface area (TPSA) is 166 Å². The zero-order valence-corrected chi connectivity index (χ0v) is 87.3. The normalized spacial score (nSPS) is 20.1. The number of unbranched alkanes of at least 4 members (excludes halogenated alkanes) is 1. The molecule has 2 bridgehead atoms. The van der Waals surface area contributed by atoms with Gasteiger partial charge in [0.05, 0.1) is 76.8 Å². The van der Waals surface area contributed by atoms with Gasteiger partial charge in [-0.05, 0) is 329 Å². The monoisotopic (exact) mass is 1870 g/mol. The van der Waals surface area contributed by atoms with Gasteiger partial charge in [0.2, 0.25) is 0 Å². The van der Waals surface area contributed by atoms with E-state index in [9.17, 15) is 25.5 Å². The Hall–Kier alpha value is -7.06. The van der Waals surface area contributed by atoms with Crippen LogP contribution in [-0.4, -0.2) is 71.8 Å². The number of hydrogen-bond acceptors (Lipinski definition) is 12. The Morgan fingerprint density at radius 1 is 0.272 bits per heavy atom. The van der Waals surface area contributed by atoms with E-state index in [0.29, 0.717) is 35.5 Å². The average Bonchev–Trinajstić information content (AvgIpc) is 1.67. The van der Waals surface area contributed by atoms with Crippen molar-refractivity contribution in [3.8, 4) is 40.2 Å². The van der Waals surface area contributed by atoms with Gasteiger partial charge in [-0.25, -0.2) is 0 Å². The molecule has 5 N–H and O–H groups in total. The van der Waals surface area contributed by atoms with Crippen LogP contribution < -0.4 is 33.2 Å². The van der Waals surface area contributed by atoms with Gasteiger partial charge in [0, 0.05) is 0 Å². The summed E-state index contributed by atoms with van der Waals surface area (Å²) in [5, 5.41) is 51.3. The molecule has 136 heavy (non-hydrogen) atoms. The quantitative estimate of drug-likeness (QED) is 0.0246. The molecule has 0 heterocycles. The summed E-state index contributed by atoms with van der Waals surface area (Å²) in [6.45, 7) is 31.7. The number of aryl methyl sites for hydroxylation is 1. The van der Waals surface area contributed by atoms with Crippen LogP contribution in [0.3, 0.4) is 0 Å². The van der Waals surface area contributed by atoms with Gasteiger partial charge in [-0.3, -0.25) is 0 Å². The maximum atomic E-state index is 10.5. The lowest BCUT2D eigenvalue weighted by Gasteiger charge is -2.25. The van der Waals surface area contributed by atoms with Gasteiger partial charge in [-0.15, -0.1) is 0 Å². The van der Waals surface area contributed by atoms with Crippen molar-refractivity contribution in [3.05, 3.63) is 209 Å². The molecule has 0 aromatic heterocycles. The van der Waals surface area contributed by atoms with E-state index in [2.05, 4.69) is 132 Å². The molecule has 7 aromatic carbocycles. The van der Waals surface area contributed by atoms with Gasteiger partial charge in [-0.1, -0.05) is 329 Å². The number of rotatable bonds is 43. The molecular formula is C124H190O12. The maximum Gasteiger partial charge on any atom is 0.119 e. The fourth-order valence-corrected chi connectivity index (χ4v) is 21.2. The summed E-state index contributed by atoms with van der Waals surface area (Å²) in [5.41, 5.74) is 7.72. The van der Waals surface area contributed by atoms with Crippen LogP contribution in [0.2, 0.25) is 0 Å². The number of hydrogen-bond donors (Lipinski definition) is 5. The van der Waals surface area contributed by atoms with Crippen molar-refractivity contribution >= 4 is 0 Å². The zero-order chi connectivity index (χ0) is 96.9. The smallest absolute Gasteiger partial charge is 0.119 e. The molecule has 8 fully saturated rings. The molecule has 8 aliphatic carbocycles. The first-order chi connectivity index (χ1) is 66.3. The van der Waals surface area contributed by atoms with E-state index >= 15 is 0 Å². The van der Waals surface area contributed by atoms with Crippen LogP contribution in [0.4, 0.5) is 0 Å². The Bertz CT molecular complexity index is 4030. The molecular weight excluding hydrogens is 1680 g/mol. The van der Waals surface area contributed by atoms with Crippen LogP contribution in [-0.2, 0) is 6.42 Å². The summed E-state index contributed by atoms with van der Waals surface area (Å²) in [5.74, 6) is 15.6. The fraction of sp³-hybridized carbons (Fsp3) is 0.661. The highest BCUT2D eigenvalue weighted by molar-refractivity contribution is 5.36. The third-order valence-electron chi connectivity index (χ3n) is 31.6. The first-order valence-corrected chi connectivity index (χ1v) is 55.8. The van der Waals surface area contributed by atoms with Gasteiger partial charge >= 0.3 is 0 Å². The highest BCUT2D eigenvalue weighted by atomic mass is 16.5. The number of aliphatic hydroxyl groups is 5. The van der Waals surface area contributed by atoms with Crippen molar-refractivity contribution in [3.63, 3.8) is 0 Å². The van der Waals surface area contributed by atoms with Crippen LogP contribution in [0.15, 0.2) is 170 Å². The van der Waals surface area contributed by atoms with Gasteiger partial charge in [0.15, 0.2) is 0 Å². The Morgan fingerprint density at radius 3 is 0.860 bits per heavy atom. The van der Waals surface area contributed by atoms with Crippen LogP contribution in [0.5, 0.6) is 40.2 Å². The largest absolute Gasteiger partial charge is 0.493 e. The second-order valence-corrected chi connectivity index (χ2v) is 42.6. The molecule has 5 unspecified atom stereocenters. The molecule has 0 spiro atoms. The van der Waals surface area contributed by atoms with E-state index in [1.165, 1.54) is 249 Å². The molecule has 0 saturated heterocycles. The summed E-state index contributed by atoms with van der Waals surface area (Å²) < 4.78 is 41.6. The van der Waals surface area contributed by atoms with Crippen LogP contribution in [0, 0.1) is 76.9 Å². The fourth-order valence-electron chi connectivity index (χ4n) is 21.2. The number of ether oxygens (including phenoxy) is 7. The standard InChI is InChI=1S/C19H30O2.C18H26O2.3C18H28O2.C18H28O.C15H22O/c1-3-16(4-2)19(20)17-11-8-12-18(13-17)21-14-15-9-6-5-7-10-15;1-2-4-18(19)15-5-3-6-17(11-15)20-12-16-10-13-7-8-14(16)9-13;3*1-3-14(2)18(19)16-10-7-11-17(12-16)20-13-15-8-5-4-6-9-15;1-3-8-15(2)17-11-7-12-18(13-17)19-14-16-9-5-4-6-10-16;1-2-3-6-13-7-5-10-15(11-13)16-12-14-8-4-9-14/h8,11-13,15-16,19-20H,3-7,9-10,14H2,1-2H3;3,5-6,11,13-14,16,18-19H,2,4,7-10,12H2,1H3;3*7,10-12,14-15,18-19H,3-6,8-9,13H2,1-2H3;7,11-13,15-16H,3-6,8-10,14H2,1-2H3;5,7,10-11,14H,2-4,6,8-9,12H2,1H3/t19-;;14-,18+;2*14-,18-;;/m1.010../s1. The summed E-state index contributed by atoms with van der Waals surface area (Å²) in [4.78, 5) is 0. The third-order valence-corrected chi connectivity index (χ3v) is 31.6. The van der Waals surface area contributed by atoms with E-state index < -0.39 is 18.3 Å². The minimum absolute atomic E-state index is 0.281. The van der Waals surface area contributed by atoms with Gasteiger partial charge in [-0.2, -0.15) is 0 Å². The van der Waals surface area contributed by atoms with E-state index in [1.807, 2.05) is 121 Å². The summed E-state index contributed by atoms with van der Waals surface area (Å²) >= 11 is 0. The zero-order valence-electron chi connectivity index (χ0n) is 87.3. The number of fused-ring (bicyclic) bond motifs is 2. The van der Waals surface area contributed by atoms with Crippen molar-refractivity contribution in [2.45, 2.75) is 402 Å². The molecule has 8 aliphatic rings. The van der Waals surface area contributed by atoms with Crippen LogP contribution in [0.1, 0.15) is 435 Å². The first-order valence-electron chi connectivity index (χ1n) is 55.8. The molecule has 12 atom stereocenters. The first kappa shape index (κ1) is 113. The molecule has 0 aliphatic heterocycles. The SMILES string of the molecule is CCC(CC)[C@@H](O)c1cccc(OCC2CCCCC2)c1.CCCC(C)c1cccc(OCC2CCCCC2)c1.CCCC(O)c1cccc(OCC2CC3CCC2C3)c1.CCCCc1cccc(OCC2CCC2)c1.CC[C@@H](C)[C@@H](O)c1cccc(OCC2CCCCC2)c1.CC[C@H](C)[C@@H](O)c1cccc(OCC2CCCCC2)c1.CC[C@H](C)[C@H](O)c1cccc(OCC2CCCCC2)c1. The van der Waals surface area contributed by atoms with E-state index in [0.717, 1.165) is 189 Å². The molecule has 7 aromatic rings. The highest BCUT2D eigenvalue weighted by Gasteiger charge is 2.40. The highest BCUT2D eigenvalue weighted by Crippen LogP contribution is 2.49. The summed E-state index contributed by atoms with van der Waals surface area (Å²) in [6, 6.07) is 57.2. The predicted octanol–water partition coefficient (Wildman–Crippen LogP) is 33.4. The van der Waals surface area contributed by atoms with Crippen molar-refractivity contribution in [1.82, 2.24) is 0 Å². The van der Waals surface area contributed by atoms with E-state index in [4.69, 9.17) is 33.2 Å². The Kier molecular flexibility index (Phi) is 53.9. The summed E-state index contributed by atoms with van der Waals surface area (Å²) in [6.07, 6.45) is 54.5. The Morgan fingerprint density at radius 2 is 0.566 bits per heavy atom. The van der Waals surface area contributed by atoms with E-state index in [-0.39, 0.29) is 30.0 Å². The summed E-state index contributed by atoms with van der Waals surface area (Å²) in [7, 11) is 0. The molecule has 12 nitrogen and oxygen atoms in total. The molecule has 15 rings (SSSR count). The maximum absolute atomic E-state index is 10.5. The predicted molar refractivity (Wildman–Crippen MR) is 567 cm³/mol. The van der Waals surface area contributed by atoms with Crippen LogP contribution >= 0.6 is 0 Å². The second-order valence-electron chi connectivity index (χ2n) is 42.6. The molecule has 8 saturated carbocycles.